The Kier molecular flexibility index (Phi) is 5.96. The quantitative estimate of drug-likeness (QED) is 0.799. The number of carbonyl (C=O) groups excluding carboxylic acids is 1. The number of nitrogens with one attached hydrogen (secondary N) is 1. The van der Waals surface area contributed by atoms with Crippen LogP contribution in [-0.2, 0) is 4.79 Å². The van der Waals surface area contributed by atoms with Crippen LogP contribution in [0, 0.1) is 11.8 Å². The number of hydrogen-bond donors (Lipinski definition) is 1. The van der Waals surface area contributed by atoms with Crippen molar-refractivity contribution in [2.24, 2.45) is 11.8 Å². The first-order valence-electron chi connectivity index (χ1n) is 7.05. The molecule has 0 spiro atoms. The third kappa shape index (κ3) is 3.98. The van der Waals surface area contributed by atoms with Gasteiger partial charge in [0.05, 0.1) is 0 Å². The van der Waals surface area contributed by atoms with Crippen molar-refractivity contribution in [3.63, 3.8) is 0 Å². The Bertz CT molecular complexity index is 242. The number of carbonyl (C=O) groups is 1. The summed E-state index contributed by atoms with van der Waals surface area (Å²) in [4.78, 5) is 14.3. The summed E-state index contributed by atoms with van der Waals surface area (Å²) in [6.45, 7) is 8.10. The van der Waals surface area contributed by atoms with Gasteiger partial charge in [0, 0.05) is 25.6 Å². The summed E-state index contributed by atoms with van der Waals surface area (Å²) in [5.41, 5.74) is 0. The van der Waals surface area contributed by atoms with Crippen LogP contribution < -0.4 is 5.32 Å². The molecule has 1 fully saturated rings. The van der Waals surface area contributed by atoms with Gasteiger partial charge < -0.3 is 10.2 Å². The summed E-state index contributed by atoms with van der Waals surface area (Å²) in [5.74, 6) is 1.04. The Morgan fingerprint density at radius 2 is 2.06 bits per heavy atom. The molecule has 3 nitrogen and oxygen atoms in total. The topological polar surface area (TPSA) is 32.3 Å². The molecular formula is C14H28N2O. The molecule has 0 saturated heterocycles. The lowest BCUT2D eigenvalue weighted by Crippen LogP contribution is -2.46. The van der Waals surface area contributed by atoms with Crippen LogP contribution in [0.15, 0.2) is 0 Å². The first-order chi connectivity index (χ1) is 8.07. The minimum absolute atomic E-state index is 0.0917. The van der Waals surface area contributed by atoms with Crippen molar-refractivity contribution < 1.29 is 4.79 Å². The normalized spacial score (nSPS) is 26.6. The molecule has 3 unspecified atom stereocenters. The van der Waals surface area contributed by atoms with Gasteiger partial charge in [-0.1, -0.05) is 33.6 Å². The minimum atomic E-state index is 0.0917. The molecule has 0 aromatic heterocycles. The van der Waals surface area contributed by atoms with E-state index in [0.717, 1.165) is 13.1 Å². The average molecular weight is 240 g/mol. The second-order valence-corrected chi connectivity index (χ2v) is 5.49. The highest BCUT2D eigenvalue weighted by Crippen LogP contribution is 2.28. The molecule has 3 heteroatoms. The van der Waals surface area contributed by atoms with E-state index in [2.05, 4.69) is 19.2 Å². The molecule has 1 aliphatic rings. The Morgan fingerprint density at radius 1 is 1.41 bits per heavy atom. The molecule has 0 aliphatic heterocycles. The molecule has 1 aliphatic carbocycles. The Balaban J connectivity index is 2.49. The van der Waals surface area contributed by atoms with Gasteiger partial charge in [0.15, 0.2) is 0 Å². The summed E-state index contributed by atoms with van der Waals surface area (Å²) < 4.78 is 0. The zero-order valence-electron chi connectivity index (χ0n) is 11.8. The molecule has 0 aromatic rings. The highest BCUT2D eigenvalue weighted by atomic mass is 16.2. The predicted molar refractivity (Wildman–Crippen MR) is 71.9 cm³/mol. The van der Waals surface area contributed by atoms with Crippen molar-refractivity contribution in [2.75, 3.05) is 20.1 Å². The molecule has 0 heterocycles. The zero-order chi connectivity index (χ0) is 12.8. The largest absolute Gasteiger partial charge is 0.342 e. The number of nitrogens with zero attached hydrogens (tertiary/aromatic N) is 1. The van der Waals surface area contributed by atoms with Gasteiger partial charge in [-0.2, -0.15) is 0 Å². The first-order valence-corrected chi connectivity index (χ1v) is 7.05. The predicted octanol–water partition coefficient (Wildman–Crippen LogP) is 2.27. The maximum atomic E-state index is 12.3. The lowest BCUT2D eigenvalue weighted by molar-refractivity contribution is -0.137. The Morgan fingerprint density at radius 3 is 2.65 bits per heavy atom. The summed E-state index contributed by atoms with van der Waals surface area (Å²) in [6, 6.07) is 0.459. The fourth-order valence-corrected chi connectivity index (χ4v) is 2.83. The fraction of sp³-hybridized carbons (Fsp3) is 0.929. The number of amides is 1. The standard InChI is InChI=1S/C14H28N2O/c1-5-15-10-12(3)14(17)16(4)13-9-7-6-8-11(13)2/h11-13,15H,5-10H2,1-4H3. The number of rotatable bonds is 5. The van der Waals surface area contributed by atoms with E-state index in [4.69, 9.17) is 0 Å². The summed E-state index contributed by atoms with van der Waals surface area (Å²) in [6.07, 6.45) is 5.04. The summed E-state index contributed by atoms with van der Waals surface area (Å²) >= 11 is 0. The van der Waals surface area contributed by atoms with Crippen LogP contribution in [0.1, 0.15) is 46.5 Å². The van der Waals surface area contributed by atoms with E-state index in [1.807, 2.05) is 18.9 Å². The van der Waals surface area contributed by atoms with Gasteiger partial charge in [0.2, 0.25) is 5.91 Å². The van der Waals surface area contributed by atoms with Crippen molar-refractivity contribution in [2.45, 2.75) is 52.5 Å². The van der Waals surface area contributed by atoms with Crippen molar-refractivity contribution >= 4 is 5.91 Å². The lowest BCUT2D eigenvalue weighted by Gasteiger charge is -2.37. The Labute approximate surface area is 106 Å². The van der Waals surface area contributed by atoms with Gasteiger partial charge in [-0.3, -0.25) is 4.79 Å². The van der Waals surface area contributed by atoms with Gasteiger partial charge >= 0.3 is 0 Å². The Hall–Kier alpha value is -0.570. The van der Waals surface area contributed by atoms with E-state index in [1.54, 1.807) is 0 Å². The molecule has 0 bridgehead atoms. The van der Waals surface area contributed by atoms with E-state index >= 15 is 0 Å². The summed E-state index contributed by atoms with van der Waals surface area (Å²) in [7, 11) is 1.98. The van der Waals surface area contributed by atoms with Gasteiger partial charge in [0.1, 0.15) is 0 Å². The van der Waals surface area contributed by atoms with E-state index < -0.39 is 0 Å². The van der Waals surface area contributed by atoms with Crippen molar-refractivity contribution in [1.29, 1.82) is 0 Å². The number of hydrogen-bond acceptors (Lipinski definition) is 2. The second kappa shape index (κ2) is 7.00. The second-order valence-electron chi connectivity index (χ2n) is 5.49. The van der Waals surface area contributed by atoms with Gasteiger partial charge in [-0.05, 0) is 25.3 Å². The molecule has 100 valence electrons. The molecule has 1 saturated carbocycles. The van der Waals surface area contributed by atoms with Gasteiger partial charge in [0.25, 0.3) is 0 Å². The van der Waals surface area contributed by atoms with Crippen LogP contribution >= 0.6 is 0 Å². The molecule has 1 rings (SSSR count). The smallest absolute Gasteiger partial charge is 0.226 e. The molecule has 3 atom stereocenters. The van der Waals surface area contributed by atoms with Crippen LogP contribution in [0.5, 0.6) is 0 Å². The molecule has 1 amide bonds. The molecule has 0 radical (unpaired) electrons. The lowest BCUT2D eigenvalue weighted by atomic mass is 9.84. The van der Waals surface area contributed by atoms with Crippen LogP contribution in [0.4, 0.5) is 0 Å². The summed E-state index contributed by atoms with van der Waals surface area (Å²) in [5, 5.41) is 3.25. The van der Waals surface area contributed by atoms with Crippen molar-refractivity contribution in [3.8, 4) is 0 Å². The van der Waals surface area contributed by atoms with E-state index in [0.29, 0.717) is 17.9 Å². The third-order valence-electron chi connectivity index (χ3n) is 4.03. The van der Waals surface area contributed by atoms with E-state index in [1.165, 1.54) is 25.7 Å². The fourth-order valence-electron chi connectivity index (χ4n) is 2.83. The minimum Gasteiger partial charge on any atom is -0.342 e. The highest BCUT2D eigenvalue weighted by Gasteiger charge is 2.29. The van der Waals surface area contributed by atoms with Gasteiger partial charge in [-0.15, -0.1) is 0 Å². The van der Waals surface area contributed by atoms with Crippen molar-refractivity contribution in [3.05, 3.63) is 0 Å². The molecule has 0 aromatic carbocycles. The van der Waals surface area contributed by atoms with Crippen molar-refractivity contribution in [1.82, 2.24) is 10.2 Å². The molecule has 17 heavy (non-hydrogen) atoms. The van der Waals surface area contributed by atoms with E-state index in [-0.39, 0.29) is 5.92 Å². The molecular weight excluding hydrogens is 212 g/mol. The van der Waals surface area contributed by atoms with Crippen LogP contribution in [0.3, 0.4) is 0 Å². The highest BCUT2D eigenvalue weighted by molar-refractivity contribution is 5.78. The van der Waals surface area contributed by atoms with E-state index in [9.17, 15) is 4.79 Å². The average Bonchev–Trinajstić information content (AvgIpc) is 2.34. The van der Waals surface area contributed by atoms with Crippen LogP contribution in [0.25, 0.3) is 0 Å². The monoisotopic (exact) mass is 240 g/mol. The zero-order valence-corrected chi connectivity index (χ0v) is 11.8. The maximum absolute atomic E-state index is 12.3. The van der Waals surface area contributed by atoms with Crippen LogP contribution in [0.2, 0.25) is 0 Å². The van der Waals surface area contributed by atoms with Gasteiger partial charge in [-0.25, -0.2) is 0 Å². The SMILES string of the molecule is CCNCC(C)C(=O)N(C)C1CCCCC1C. The first kappa shape index (κ1) is 14.5. The third-order valence-corrected chi connectivity index (χ3v) is 4.03. The maximum Gasteiger partial charge on any atom is 0.226 e. The molecule has 1 N–H and O–H groups in total. The van der Waals surface area contributed by atoms with Crippen LogP contribution in [-0.4, -0.2) is 37.0 Å².